The Morgan fingerprint density at radius 3 is 2.64 bits per heavy atom. The molecule has 5 heteroatoms. The number of hydrogen-bond donors (Lipinski definition) is 1. The Morgan fingerprint density at radius 2 is 2.27 bits per heavy atom. The Kier molecular flexibility index (Phi) is 2.09. The van der Waals surface area contributed by atoms with Crippen molar-refractivity contribution in [2.24, 2.45) is 0 Å². The first-order valence-corrected chi connectivity index (χ1v) is 3.20. The molecule has 0 aromatic carbocycles. The maximum Gasteiger partial charge on any atom is 0.415 e. The lowest BCUT2D eigenvalue weighted by atomic mass is 10.2. The second-order valence-corrected chi connectivity index (χ2v) is 2.27. The fraction of sp³-hybridized carbons (Fsp3) is 0.667. The average molecular weight is 159 g/mol. The minimum atomic E-state index is -0.705. The predicted molar refractivity (Wildman–Crippen MR) is 34.9 cm³/mol. The molecule has 0 radical (unpaired) electrons. The molecule has 0 spiro atoms. The molecule has 1 saturated heterocycles. The monoisotopic (exact) mass is 159 g/mol. The topological polar surface area (TPSA) is 64.6 Å². The number of methoxy groups -OCH3 is 1. The Morgan fingerprint density at radius 1 is 1.64 bits per heavy atom. The van der Waals surface area contributed by atoms with Crippen LogP contribution in [0.3, 0.4) is 0 Å². The van der Waals surface area contributed by atoms with Crippen molar-refractivity contribution in [1.82, 2.24) is 5.32 Å². The van der Waals surface area contributed by atoms with Crippen LogP contribution in [0.15, 0.2) is 0 Å². The number of amides is 1. The number of esters is 1. The molecule has 1 N–H and O–H groups in total. The minimum absolute atomic E-state index is 0.353. The lowest BCUT2D eigenvalue weighted by Gasteiger charge is -2.12. The van der Waals surface area contributed by atoms with Gasteiger partial charge < -0.3 is 14.8 Å². The summed E-state index contributed by atoms with van der Waals surface area (Å²) in [6.45, 7) is 1.68. The van der Waals surface area contributed by atoms with Crippen LogP contribution < -0.4 is 5.32 Å². The van der Waals surface area contributed by atoms with Crippen molar-refractivity contribution in [2.75, 3.05) is 7.11 Å². The van der Waals surface area contributed by atoms with Crippen molar-refractivity contribution in [3.8, 4) is 0 Å². The third-order valence-electron chi connectivity index (χ3n) is 1.56. The van der Waals surface area contributed by atoms with Gasteiger partial charge in [-0.05, 0) is 6.92 Å². The molecule has 1 amide bonds. The molecule has 1 heterocycles. The van der Waals surface area contributed by atoms with Gasteiger partial charge in [-0.2, -0.15) is 0 Å². The van der Waals surface area contributed by atoms with Gasteiger partial charge in [-0.3, -0.25) is 0 Å². The summed E-state index contributed by atoms with van der Waals surface area (Å²) in [6.07, 6.45) is -1.06. The van der Waals surface area contributed by atoms with E-state index in [-0.39, 0.29) is 6.10 Å². The van der Waals surface area contributed by atoms with Crippen LogP contribution in [-0.2, 0) is 14.3 Å². The van der Waals surface area contributed by atoms with E-state index >= 15 is 0 Å². The van der Waals surface area contributed by atoms with Crippen molar-refractivity contribution in [3.05, 3.63) is 0 Å². The molecule has 11 heavy (non-hydrogen) atoms. The first kappa shape index (κ1) is 8.00. The van der Waals surface area contributed by atoms with Gasteiger partial charge in [-0.15, -0.1) is 0 Å². The number of carbonyl (C=O) groups excluding carboxylic acids is 2. The second-order valence-electron chi connectivity index (χ2n) is 2.27. The van der Waals surface area contributed by atoms with Crippen molar-refractivity contribution in [1.29, 1.82) is 0 Å². The maximum atomic E-state index is 10.8. The predicted octanol–water partition coefficient (Wildman–Crippen LogP) is -0.344. The van der Waals surface area contributed by atoms with Gasteiger partial charge in [0.2, 0.25) is 0 Å². The summed E-state index contributed by atoms with van der Waals surface area (Å²) in [5.41, 5.74) is 0. The van der Waals surface area contributed by atoms with Gasteiger partial charge in [0, 0.05) is 7.11 Å². The van der Waals surface area contributed by atoms with E-state index in [0.29, 0.717) is 0 Å². The standard InChI is InChI=1S/C6H9NO4/c1-3(10-2)4-5(8)11-6(9)7-4/h3-4H,1-2H3,(H,7,9)/t3-,4?/m1/s1. The van der Waals surface area contributed by atoms with E-state index in [1.165, 1.54) is 7.11 Å². The molecule has 0 bridgehead atoms. The number of hydrogen-bond acceptors (Lipinski definition) is 4. The van der Waals surface area contributed by atoms with Crippen LogP contribution in [0.5, 0.6) is 0 Å². The Balaban J connectivity index is 2.59. The highest BCUT2D eigenvalue weighted by atomic mass is 16.6. The molecule has 1 aliphatic rings. The SMILES string of the molecule is CO[C@H](C)C1NC(=O)OC1=O. The van der Waals surface area contributed by atoms with Gasteiger partial charge in [-0.25, -0.2) is 9.59 Å². The summed E-state index contributed by atoms with van der Waals surface area (Å²) < 4.78 is 9.07. The van der Waals surface area contributed by atoms with Crippen molar-refractivity contribution in [2.45, 2.75) is 19.1 Å². The van der Waals surface area contributed by atoms with Crippen molar-refractivity contribution >= 4 is 12.1 Å². The van der Waals surface area contributed by atoms with E-state index in [9.17, 15) is 9.59 Å². The zero-order chi connectivity index (χ0) is 8.43. The van der Waals surface area contributed by atoms with Crippen LogP contribution in [0.4, 0.5) is 4.79 Å². The highest BCUT2D eigenvalue weighted by Crippen LogP contribution is 2.06. The molecule has 0 saturated carbocycles. The van der Waals surface area contributed by atoms with Crippen molar-refractivity contribution < 1.29 is 19.1 Å². The molecular formula is C6H9NO4. The number of rotatable bonds is 2. The Hall–Kier alpha value is -1.10. The molecule has 2 atom stereocenters. The molecule has 1 unspecified atom stereocenters. The summed E-state index contributed by atoms with van der Waals surface area (Å²) in [6, 6.07) is -0.660. The molecule has 0 aliphatic carbocycles. The summed E-state index contributed by atoms with van der Waals surface area (Å²) in [4.78, 5) is 21.3. The van der Waals surface area contributed by atoms with Crippen LogP contribution in [0, 0.1) is 0 Å². The van der Waals surface area contributed by atoms with Crippen LogP contribution >= 0.6 is 0 Å². The van der Waals surface area contributed by atoms with Gasteiger partial charge in [0.05, 0.1) is 6.10 Å². The Labute approximate surface area is 63.7 Å². The van der Waals surface area contributed by atoms with Gasteiger partial charge in [-0.1, -0.05) is 0 Å². The maximum absolute atomic E-state index is 10.8. The van der Waals surface area contributed by atoms with E-state index in [4.69, 9.17) is 4.74 Å². The summed E-state index contributed by atoms with van der Waals surface area (Å²) in [7, 11) is 1.46. The number of carbonyl (C=O) groups is 2. The van der Waals surface area contributed by atoms with Crippen LogP contribution in [-0.4, -0.2) is 31.3 Å². The fourth-order valence-electron chi connectivity index (χ4n) is 0.815. The fourth-order valence-corrected chi connectivity index (χ4v) is 0.815. The van der Waals surface area contributed by atoms with Gasteiger partial charge in [0.15, 0.2) is 6.04 Å². The van der Waals surface area contributed by atoms with E-state index in [1.807, 2.05) is 0 Å². The van der Waals surface area contributed by atoms with Crippen molar-refractivity contribution in [3.63, 3.8) is 0 Å². The highest BCUT2D eigenvalue weighted by Gasteiger charge is 2.36. The highest BCUT2D eigenvalue weighted by molar-refractivity contribution is 5.95. The summed E-state index contributed by atoms with van der Waals surface area (Å²) >= 11 is 0. The Bertz CT molecular complexity index is 191. The molecule has 62 valence electrons. The van der Waals surface area contributed by atoms with E-state index in [2.05, 4.69) is 10.1 Å². The number of nitrogens with one attached hydrogen (secondary N) is 1. The smallest absolute Gasteiger partial charge is 0.379 e. The molecular weight excluding hydrogens is 150 g/mol. The number of ether oxygens (including phenoxy) is 2. The minimum Gasteiger partial charge on any atom is -0.379 e. The largest absolute Gasteiger partial charge is 0.415 e. The van der Waals surface area contributed by atoms with Gasteiger partial charge in [0.25, 0.3) is 0 Å². The lowest BCUT2D eigenvalue weighted by Crippen LogP contribution is -2.39. The molecule has 1 fully saturated rings. The summed E-state index contributed by atoms with van der Waals surface area (Å²) in [5.74, 6) is -0.579. The molecule has 1 rings (SSSR count). The van der Waals surface area contributed by atoms with Gasteiger partial charge in [0.1, 0.15) is 0 Å². The second kappa shape index (κ2) is 2.87. The van der Waals surface area contributed by atoms with E-state index in [0.717, 1.165) is 0 Å². The van der Waals surface area contributed by atoms with Crippen LogP contribution in [0.1, 0.15) is 6.92 Å². The zero-order valence-corrected chi connectivity index (χ0v) is 6.29. The molecule has 1 aliphatic heterocycles. The van der Waals surface area contributed by atoms with E-state index < -0.39 is 18.1 Å². The lowest BCUT2D eigenvalue weighted by molar-refractivity contribution is -0.137. The zero-order valence-electron chi connectivity index (χ0n) is 6.29. The average Bonchev–Trinajstić information content (AvgIpc) is 2.28. The number of alkyl carbamates (subject to hydrolysis) is 1. The number of cyclic esters (lactones) is 2. The first-order valence-electron chi connectivity index (χ1n) is 3.20. The third kappa shape index (κ3) is 1.48. The van der Waals surface area contributed by atoms with E-state index in [1.54, 1.807) is 6.92 Å². The van der Waals surface area contributed by atoms with Crippen LogP contribution in [0.2, 0.25) is 0 Å². The summed E-state index contributed by atoms with van der Waals surface area (Å²) in [5, 5.41) is 2.32. The van der Waals surface area contributed by atoms with Crippen LogP contribution in [0.25, 0.3) is 0 Å². The quantitative estimate of drug-likeness (QED) is 0.442. The molecule has 0 aromatic rings. The van der Waals surface area contributed by atoms with Gasteiger partial charge >= 0.3 is 12.1 Å². The molecule has 0 aromatic heterocycles. The molecule has 5 nitrogen and oxygen atoms in total. The normalized spacial score (nSPS) is 26.2. The third-order valence-corrected chi connectivity index (χ3v) is 1.56. The first-order chi connectivity index (χ1) is 5.15.